The van der Waals surface area contributed by atoms with Crippen molar-refractivity contribution >= 4 is 17.6 Å². The molecular formula is C18H20N2O4. The van der Waals surface area contributed by atoms with Crippen molar-refractivity contribution in [1.82, 2.24) is 4.98 Å². The lowest BCUT2D eigenvalue weighted by Gasteiger charge is -2.14. The van der Waals surface area contributed by atoms with E-state index in [1.54, 1.807) is 26.0 Å². The van der Waals surface area contributed by atoms with Gasteiger partial charge in [0.25, 0.3) is 0 Å². The van der Waals surface area contributed by atoms with E-state index >= 15 is 0 Å². The second kappa shape index (κ2) is 8.10. The number of aryl methyl sites for hydroxylation is 1. The zero-order chi connectivity index (χ0) is 17.5. The van der Waals surface area contributed by atoms with Gasteiger partial charge < -0.3 is 15.2 Å². The Bertz CT molecular complexity index is 716. The fourth-order valence-corrected chi connectivity index (χ4v) is 2.13. The molecule has 1 aromatic carbocycles. The van der Waals surface area contributed by atoms with Gasteiger partial charge in [-0.1, -0.05) is 30.3 Å². The van der Waals surface area contributed by atoms with Crippen LogP contribution in [-0.4, -0.2) is 28.6 Å². The Morgan fingerprint density at radius 2 is 1.92 bits per heavy atom. The maximum absolute atomic E-state index is 11.9. The van der Waals surface area contributed by atoms with Crippen molar-refractivity contribution in [1.29, 1.82) is 0 Å². The van der Waals surface area contributed by atoms with E-state index in [0.29, 0.717) is 11.4 Å². The van der Waals surface area contributed by atoms with Crippen LogP contribution in [0.25, 0.3) is 0 Å². The maximum Gasteiger partial charge on any atom is 0.325 e. The Hall–Kier alpha value is -2.89. The molecule has 6 nitrogen and oxygen atoms in total. The third-order valence-electron chi connectivity index (χ3n) is 3.51. The van der Waals surface area contributed by atoms with Crippen molar-refractivity contribution in [2.75, 3.05) is 11.9 Å². The molecule has 2 rings (SSSR count). The Morgan fingerprint density at radius 3 is 2.58 bits per heavy atom. The van der Waals surface area contributed by atoms with E-state index in [0.717, 1.165) is 11.3 Å². The molecule has 0 fully saturated rings. The summed E-state index contributed by atoms with van der Waals surface area (Å²) in [5, 5.41) is 12.1. The predicted molar refractivity (Wildman–Crippen MR) is 89.8 cm³/mol. The Kier molecular flexibility index (Phi) is 5.89. The number of esters is 1. The molecular weight excluding hydrogens is 308 g/mol. The normalized spacial score (nSPS) is 11.6. The molecule has 0 amide bonds. The molecule has 0 aliphatic rings. The summed E-state index contributed by atoms with van der Waals surface area (Å²) in [5.41, 5.74) is 2.55. The van der Waals surface area contributed by atoms with Gasteiger partial charge in [-0.05, 0) is 31.5 Å². The number of hydrogen-bond donors (Lipinski definition) is 2. The molecule has 1 heterocycles. The van der Waals surface area contributed by atoms with Crippen LogP contribution >= 0.6 is 0 Å². The SMILES string of the molecule is Cc1ccc(NCC(=O)OCc2ccccc2)c(C(C)C(=O)O)n1. The fraction of sp³-hybridized carbons (Fsp3) is 0.278. The van der Waals surface area contributed by atoms with Gasteiger partial charge in [-0.3, -0.25) is 14.6 Å². The van der Waals surface area contributed by atoms with E-state index in [-0.39, 0.29) is 13.2 Å². The second-order valence-corrected chi connectivity index (χ2v) is 5.45. The van der Waals surface area contributed by atoms with Gasteiger partial charge in [-0.15, -0.1) is 0 Å². The van der Waals surface area contributed by atoms with Crippen molar-refractivity contribution in [2.24, 2.45) is 0 Å². The van der Waals surface area contributed by atoms with Gasteiger partial charge in [0.05, 0.1) is 17.3 Å². The lowest BCUT2D eigenvalue weighted by Crippen LogP contribution is -2.19. The number of aliphatic carboxylic acids is 1. The number of nitrogens with zero attached hydrogens (tertiary/aromatic N) is 1. The van der Waals surface area contributed by atoms with Crippen molar-refractivity contribution in [3.8, 4) is 0 Å². The number of aromatic nitrogens is 1. The Morgan fingerprint density at radius 1 is 1.21 bits per heavy atom. The topological polar surface area (TPSA) is 88.5 Å². The maximum atomic E-state index is 11.9. The number of carbonyl (C=O) groups excluding carboxylic acids is 1. The van der Waals surface area contributed by atoms with E-state index in [1.165, 1.54) is 0 Å². The van der Waals surface area contributed by atoms with Crippen LogP contribution in [0.5, 0.6) is 0 Å². The first-order chi connectivity index (χ1) is 11.5. The standard InChI is InChI=1S/C18H20N2O4/c1-12-8-9-15(17(20-12)13(2)18(22)23)19-10-16(21)24-11-14-6-4-3-5-7-14/h3-9,13,19H,10-11H2,1-2H3,(H,22,23). The van der Waals surface area contributed by atoms with Gasteiger partial charge in [-0.2, -0.15) is 0 Å². The number of benzene rings is 1. The summed E-state index contributed by atoms with van der Waals surface area (Å²) in [4.78, 5) is 27.3. The highest BCUT2D eigenvalue weighted by atomic mass is 16.5. The number of rotatable bonds is 7. The number of pyridine rings is 1. The first kappa shape index (κ1) is 17.5. The third kappa shape index (κ3) is 4.81. The van der Waals surface area contributed by atoms with Crippen LogP contribution in [0, 0.1) is 6.92 Å². The van der Waals surface area contributed by atoms with Crippen LogP contribution < -0.4 is 5.32 Å². The van der Waals surface area contributed by atoms with Crippen molar-refractivity contribution in [2.45, 2.75) is 26.4 Å². The monoisotopic (exact) mass is 328 g/mol. The second-order valence-electron chi connectivity index (χ2n) is 5.45. The lowest BCUT2D eigenvalue weighted by atomic mass is 10.1. The summed E-state index contributed by atoms with van der Waals surface area (Å²) in [5.74, 6) is -2.16. The van der Waals surface area contributed by atoms with E-state index in [2.05, 4.69) is 10.3 Å². The van der Waals surface area contributed by atoms with E-state index in [4.69, 9.17) is 4.74 Å². The molecule has 2 aromatic rings. The molecule has 0 aliphatic heterocycles. The highest BCUT2D eigenvalue weighted by Gasteiger charge is 2.19. The highest BCUT2D eigenvalue weighted by Crippen LogP contribution is 2.23. The first-order valence-electron chi connectivity index (χ1n) is 7.61. The fourth-order valence-electron chi connectivity index (χ4n) is 2.13. The first-order valence-corrected chi connectivity index (χ1v) is 7.61. The minimum atomic E-state index is -0.970. The van der Waals surface area contributed by atoms with Crippen LogP contribution in [0.15, 0.2) is 42.5 Å². The average Bonchev–Trinajstić information content (AvgIpc) is 2.59. The highest BCUT2D eigenvalue weighted by molar-refractivity contribution is 5.79. The summed E-state index contributed by atoms with van der Waals surface area (Å²) >= 11 is 0. The number of hydrogen-bond acceptors (Lipinski definition) is 5. The summed E-state index contributed by atoms with van der Waals surface area (Å²) in [7, 11) is 0. The quantitative estimate of drug-likeness (QED) is 0.760. The van der Waals surface area contributed by atoms with E-state index < -0.39 is 17.9 Å². The summed E-state index contributed by atoms with van der Waals surface area (Å²) in [6.45, 7) is 3.49. The Labute approximate surface area is 140 Å². The lowest BCUT2D eigenvalue weighted by molar-refractivity contribution is -0.142. The van der Waals surface area contributed by atoms with Crippen molar-refractivity contribution in [3.05, 3.63) is 59.4 Å². The van der Waals surface area contributed by atoms with E-state index in [9.17, 15) is 14.7 Å². The smallest absolute Gasteiger partial charge is 0.325 e. The molecule has 0 aliphatic carbocycles. The van der Waals surface area contributed by atoms with Crippen LogP contribution in [0.3, 0.4) is 0 Å². The molecule has 1 unspecified atom stereocenters. The third-order valence-corrected chi connectivity index (χ3v) is 3.51. The van der Waals surface area contributed by atoms with Crippen LogP contribution in [0.2, 0.25) is 0 Å². The van der Waals surface area contributed by atoms with Gasteiger partial charge in [-0.25, -0.2) is 0 Å². The summed E-state index contributed by atoms with van der Waals surface area (Å²) in [6.07, 6.45) is 0. The zero-order valence-corrected chi connectivity index (χ0v) is 13.7. The largest absolute Gasteiger partial charge is 0.481 e. The van der Waals surface area contributed by atoms with Gasteiger partial charge >= 0.3 is 11.9 Å². The zero-order valence-electron chi connectivity index (χ0n) is 13.7. The van der Waals surface area contributed by atoms with Crippen molar-refractivity contribution in [3.63, 3.8) is 0 Å². The predicted octanol–water partition coefficient (Wildman–Crippen LogP) is 2.73. The van der Waals surface area contributed by atoms with Gasteiger partial charge in [0.15, 0.2) is 0 Å². The Balaban J connectivity index is 1.96. The summed E-state index contributed by atoms with van der Waals surface area (Å²) in [6, 6.07) is 12.9. The van der Waals surface area contributed by atoms with Gasteiger partial charge in [0.1, 0.15) is 13.2 Å². The molecule has 24 heavy (non-hydrogen) atoms. The molecule has 0 saturated heterocycles. The molecule has 0 radical (unpaired) electrons. The minimum Gasteiger partial charge on any atom is -0.481 e. The molecule has 0 saturated carbocycles. The van der Waals surface area contributed by atoms with Crippen LogP contribution in [0.4, 0.5) is 5.69 Å². The van der Waals surface area contributed by atoms with Crippen LogP contribution in [-0.2, 0) is 20.9 Å². The number of carboxylic acids is 1. The van der Waals surface area contributed by atoms with Crippen LogP contribution in [0.1, 0.15) is 29.8 Å². The van der Waals surface area contributed by atoms with E-state index in [1.807, 2.05) is 30.3 Å². The number of carboxylic acid groups (broad SMARTS) is 1. The van der Waals surface area contributed by atoms with Crippen molar-refractivity contribution < 1.29 is 19.4 Å². The number of anilines is 1. The summed E-state index contributed by atoms with van der Waals surface area (Å²) < 4.78 is 5.18. The number of nitrogens with one attached hydrogen (secondary N) is 1. The molecule has 1 aromatic heterocycles. The van der Waals surface area contributed by atoms with Gasteiger partial charge in [0.2, 0.25) is 0 Å². The molecule has 126 valence electrons. The average molecular weight is 328 g/mol. The number of carbonyl (C=O) groups is 2. The molecule has 1 atom stereocenters. The molecule has 2 N–H and O–H groups in total. The molecule has 0 bridgehead atoms. The number of ether oxygens (including phenoxy) is 1. The molecule has 6 heteroatoms. The molecule has 0 spiro atoms. The minimum absolute atomic E-state index is 0.0586. The van der Waals surface area contributed by atoms with Gasteiger partial charge in [0, 0.05) is 5.69 Å².